The van der Waals surface area contributed by atoms with E-state index in [9.17, 15) is 30.0 Å². The van der Waals surface area contributed by atoms with Crippen molar-refractivity contribution in [3.05, 3.63) is 36.0 Å². The molecule has 9 nitrogen and oxygen atoms in total. The van der Waals surface area contributed by atoms with E-state index in [0.29, 0.717) is 6.42 Å². The van der Waals surface area contributed by atoms with Gasteiger partial charge in [0.15, 0.2) is 0 Å². The van der Waals surface area contributed by atoms with Crippen molar-refractivity contribution in [3.63, 3.8) is 0 Å². The molecule has 1 saturated heterocycles. The second-order valence-electron chi connectivity index (χ2n) is 12.4. The van der Waals surface area contributed by atoms with Crippen molar-refractivity contribution in [2.75, 3.05) is 0 Å². The van der Waals surface area contributed by atoms with Gasteiger partial charge in [0.05, 0.1) is 30.3 Å². The van der Waals surface area contributed by atoms with E-state index in [1.54, 1.807) is 32.1 Å². The quantitative estimate of drug-likeness (QED) is 0.199. The number of rotatable bonds is 12. The minimum atomic E-state index is -0.885. The lowest BCUT2D eigenvalue weighted by molar-refractivity contribution is -0.179. The number of aliphatic imine (C=N–C) groups is 1. The maximum atomic E-state index is 12.0. The van der Waals surface area contributed by atoms with E-state index in [-0.39, 0.29) is 41.9 Å². The van der Waals surface area contributed by atoms with Crippen LogP contribution in [-0.4, -0.2) is 75.3 Å². The zero-order chi connectivity index (χ0) is 31.0. The number of aliphatic hydroxyl groups excluding tert-OH is 4. The minimum absolute atomic E-state index is 0.0706. The molecule has 0 aromatic heterocycles. The molecule has 0 aromatic carbocycles. The van der Waals surface area contributed by atoms with E-state index >= 15 is 0 Å². The molecule has 0 spiro atoms. The first-order chi connectivity index (χ1) is 19.1. The zero-order valence-electron chi connectivity index (χ0n) is 25.8. The van der Waals surface area contributed by atoms with Gasteiger partial charge in [0.1, 0.15) is 12.2 Å². The average Bonchev–Trinajstić information content (AvgIpc) is 2.91. The maximum absolute atomic E-state index is 12.0. The summed E-state index contributed by atoms with van der Waals surface area (Å²) >= 11 is 0. The van der Waals surface area contributed by atoms with Gasteiger partial charge in [0, 0.05) is 42.2 Å². The number of hydrogen-bond donors (Lipinski definition) is 4. The van der Waals surface area contributed by atoms with Crippen LogP contribution in [0.25, 0.3) is 0 Å². The number of esters is 1. The highest BCUT2D eigenvalue weighted by molar-refractivity contribution is 5.85. The highest BCUT2D eigenvalue weighted by Gasteiger charge is 2.41. The Hall–Kier alpha value is -2.33. The second kappa shape index (κ2) is 15.8. The predicted octanol–water partition coefficient (Wildman–Crippen LogP) is 4.24. The number of cyclic esters (lactones) is 2. The summed E-state index contributed by atoms with van der Waals surface area (Å²) in [7, 11) is 0. The van der Waals surface area contributed by atoms with Gasteiger partial charge in [-0.25, -0.2) is 4.79 Å². The Morgan fingerprint density at radius 3 is 2.32 bits per heavy atom. The molecule has 1 amide bonds. The molecule has 2 aliphatic heterocycles. The summed E-state index contributed by atoms with van der Waals surface area (Å²) in [5.41, 5.74) is 1.03. The maximum Gasteiger partial charge on any atom is 0.433 e. The number of carbonyl (C=O) groups excluding carboxylic acids is 2. The molecule has 2 unspecified atom stereocenters. The first-order valence-electron chi connectivity index (χ1n) is 14.8. The highest BCUT2D eigenvalue weighted by Crippen LogP contribution is 2.31. The van der Waals surface area contributed by atoms with Crippen molar-refractivity contribution in [3.8, 4) is 0 Å². The van der Waals surface area contributed by atoms with Crippen LogP contribution in [0.3, 0.4) is 0 Å². The lowest BCUT2D eigenvalue weighted by Crippen LogP contribution is -2.47. The standard InChI is InChI=1S/C32H51NO8/c1-17(15-21(5)28(36)23(7)30-19(3)10-9-13-33-32(39)41-30)14-20(4)27(35)18(2)11-12-25(34)16-26-22(6)29(37)24(8)31(38)40-26/h9-14,18-30,34-37H,15-16H2,1-8H3/b10-9-,12-11-,17-14-,33-13+/t18-,19-,20-,21-,22-,23-,24+,25?,26-,27-,28+,29-,30?/m0/s1. The van der Waals surface area contributed by atoms with Crippen molar-refractivity contribution in [2.45, 2.75) is 105 Å². The molecule has 9 heteroatoms. The third-order valence-corrected chi connectivity index (χ3v) is 8.73. The first kappa shape index (κ1) is 34.9. The van der Waals surface area contributed by atoms with E-state index in [0.717, 1.165) is 5.57 Å². The van der Waals surface area contributed by atoms with E-state index in [1.165, 1.54) is 6.21 Å². The Morgan fingerprint density at radius 2 is 1.66 bits per heavy atom. The number of nitrogens with zero attached hydrogens (tertiary/aromatic N) is 1. The lowest BCUT2D eigenvalue weighted by Gasteiger charge is -2.36. The fraction of sp³-hybridized carbons (Fsp3) is 0.719. The summed E-state index contributed by atoms with van der Waals surface area (Å²) in [6.07, 6.45) is 6.33. The van der Waals surface area contributed by atoms with Gasteiger partial charge >= 0.3 is 12.1 Å². The summed E-state index contributed by atoms with van der Waals surface area (Å²) in [4.78, 5) is 27.6. The average molecular weight is 578 g/mol. The topological polar surface area (TPSA) is 146 Å². The second-order valence-corrected chi connectivity index (χ2v) is 12.4. The number of aliphatic hydroxyl groups is 4. The van der Waals surface area contributed by atoms with Crippen molar-refractivity contribution in [1.29, 1.82) is 0 Å². The van der Waals surface area contributed by atoms with Gasteiger partial charge in [-0.1, -0.05) is 71.4 Å². The molecule has 1 fully saturated rings. The van der Waals surface area contributed by atoms with E-state index in [4.69, 9.17) is 9.47 Å². The molecule has 2 aliphatic rings. The number of ether oxygens (including phenoxy) is 2. The third-order valence-electron chi connectivity index (χ3n) is 8.73. The summed E-state index contributed by atoms with van der Waals surface area (Å²) in [5, 5.41) is 42.8. The van der Waals surface area contributed by atoms with Gasteiger partial charge in [0.2, 0.25) is 0 Å². The smallest absolute Gasteiger partial charge is 0.433 e. The minimum Gasteiger partial charge on any atom is -0.462 e. The van der Waals surface area contributed by atoms with Crippen LogP contribution in [0.1, 0.15) is 68.2 Å². The molecule has 232 valence electrons. The van der Waals surface area contributed by atoms with Gasteiger partial charge in [-0.15, -0.1) is 0 Å². The van der Waals surface area contributed by atoms with Crippen molar-refractivity contribution in [2.24, 2.45) is 46.4 Å². The molecule has 0 saturated carbocycles. The van der Waals surface area contributed by atoms with Gasteiger partial charge in [-0.2, -0.15) is 4.99 Å². The fourth-order valence-electron chi connectivity index (χ4n) is 5.89. The van der Waals surface area contributed by atoms with Crippen LogP contribution in [0.4, 0.5) is 4.79 Å². The van der Waals surface area contributed by atoms with Crippen molar-refractivity contribution < 1.29 is 39.5 Å². The Kier molecular flexibility index (Phi) is 13.4. The molecule has 0 aliphatic carbocycles. The van der Waals surface area contributed by atoms with E-state index in [2.05, 4.69) is 4.99 Å². The van der Waals surface area contributed by atoms with Gasteiger partial charge < -0.3 is 29.9 Å². The third kappa shape index (κ3) is 9.87. The van der Waals surface area contributed by atoms with Crippen molar-refractivity contribution in [1.82, 2.24) is 0 Å². The SMILES string of the molecule is C/C(=C/[C@H](C)[C@@H](O)[C@@H](C)/C=C\C(O)C[C@@H]1OC(=O)[C@H](C)[C@@H](O)[C@H]1C)C[C@H](C)[C@@H](O)[C@H](C)C1OC(=O)/N=C/C=C\[C@@H]1C. The summed E-state index contributed by atoms with van der Waals surface area (Å²) in [6.45, 7) is 15.0. The largest absolute Gasteiger partial charge is 0.462 e. The molecule has 0 radical (unpaired) electrons. The molecule has 4 N–H and O–H groups in total. The number of allylic oxidation sites excluding steroid dienone is 2. The fourth-order valence-corrected chi connectivity index (χ4v) is 5.89. The first-order valence-corrected chi connectivity index (χ1v) is 14.8. The molecular weight excluding hydrogens is 526 g/mol. The highest BCUT2D eigenvalue weighted by atomic mass is 16.6. The van der Waals surface area contributed by atoms with Crippen molar-refractivity contribution >= 4 is 18.3 Å². The molecule has 13 atom stereocenters. The number of carbonyl (C=O) groups is 2. The monoisotopic (exact) mass is 577 g/mol. The molecule has 0 bridgehead atoms. The van der Waals surface area contributed by atoms with Crippen LogP contribution in [0, 0.1) is 41.4 Å². The van der Waals surface area contributed by atoms with Crippen LogP contribution in [-0.2, 0) is 14.3 Å². The van der Waals surface area contributed by atoms with Gasteiger partial charge in [-0.05, 0) is 32.3 Å². The van der Waals surface area contributed by atoms with Crippen LogP contribution in [0.2, 0.25) is 0 Å². The van der Waals surface area contributed by atoms with Gasteiger partial charge in [-0.3, -0.25) is 4.79 Å². The zero-order valence-corrected chi connectivity index (χ0v) is 25.8. The molecule has 2 rings (SSSR count). The van der Waals surface area contributed by atoms with Crippen LogP contribution in [0.5, 0.6) is 0 Å². The molecule has 0 aromatic rings. The summed E-state index contributed by atoms with van der Waals surface area (Å²) in [5.74, 6) is -2.25. The lowest BCUT2D eigenvalue weighted by atomic mass is 9.81. The molecular formula is C32H51NO8. The van der Waals surface area contributed by atoms with Crippen LogP contribution >= 0.6 is 0 Å². The van der Waals surface area contributed by atoms with E-state index in [1.807, 2.05) is 53.7 Å². The Bertz CT molecular complexity index is 990. The van der Waals surface area contributed by atoms with Crippen LogP contribution in [0.15, 0.2) is 40.9 Å². The van der Waals surface area contributed by atoms with Gasteiger partial charge in [0.25, 0.3) is 0 Å². The number of hydrogen-bond acceptors (Lipinski definition) is 8. The predicted molar refractivity (Wildman–Crippen MR) is 158 cm³/mol. The van der Waals surface area contributed by atoms with E-state index < -0.39 is 54.6 Å². The Morgan fingerprint density at radius 1 is 1.00 bits per heavy atom. The van der Waals surface area contributed by atoms with Crippen LogP contribution < -0.4 is 0 Å². The summed E-state index contributed by atoms with van der Waals surface area (Å²) in [6, 6.07) is 0. The normalized spacial score (nSPS) is 34.3. The summed E-state index contributed by atoms with van der Waals surface area (Å²) < 4.78 is 10.9. The molecule has 41 heavy (non-hydrogen) atoms. The molecule has 2 heterocycles. The Labute approximate surface area is 245 Å². The number of amides is 1. The Balaban J connectivity index is 1.91.